The van der Waals surface area contributed by atoms with Gasteiger partial charge >= 0.3 is 5.97 Å². The molecule has 2 unspecified atom stereocenters. The number of aryl methyl sites for hydroxylation is 1. The van der Waals surface area contributed by atoms with Gasteiger partial charge in [-0.15, -0.1) is 11.3 Å². The molecule has 182 valence electrons. The number of carboxylic acids is 1. The van der Waals surface area contributed by atoms with E-state index in [9.17, 15) is 9.90 Å². The minimum absolute atomic E-state index is 0.262. The number of aliphatic carboxylic acids is 1. The molecule has 1 aliphatic heterocycles. The molecule has 1 saturated heterocycles. The number of thioether (sulfide) groups is 1. The Morgan fingerprint density at radius 1 is 1.24 bits per heavy atom. The topological polar surface area (TPSA) is 75.5 Å². The van der Waals surface area contributed by atoms with Crippen molar-refractivity contribution in [2.45, 2.75) is 42.9 Å². The third-order valence-corrected chi connectivity index (χ3v) is 8.75. The number of nitrogens with zero attached hydrogens (tertiary/aromatic N) is 3. The number of carboxylic acid groups (broad SMARTS) is 1. The molecule has 3 heterocycles. The molecule has 1 aliphatic rings. The summed E-state index contributed by atoms with van der Waals surface area (Å²) in [5.41, 5.74) is 2.31. The van der Waals surface area contributed by atoms with Gasteiger partial charge in [0.1, 0.15) is 10.1 Å². The highest BCUT2D eigenvalue weighted by Crippen LogP contribution is 2.33. The molecule has 0 spiro atoms. The van der Waals surface area contributed by atoms with Crippen LogP contribution in [0.2, 0.25) is 0 Å². The average molecular weight is 500 g/mol. The van der Waals surface area contributed by atoms with E-state index in [1.165, 1.54) is 5.56 Å². The highest BCUT2D eigenvalue weighted by Gasteiger charge is 2.29. The normalized spacial score (nSPS) is 18.9. The number of piperidine rings is 1. The summed E-state index contributed by atoms with van der Waals surface area (Å²) in [4.78, 5) is 22.6. The van der Waals surface area contributed by atoms with Gasteiger partial charge in [0.2, 0.25) is 0 Å². The predicted octanol–water partition coefficient (Wildman–Crippen LogP) is 5.62. The number of likely N-dealkylation sites (tertiary alicyclic amines) is 1. The Hall–Kier alpha value is -2.16. The predicted molar refractivity (Wildman–Crippen MR) is 139 cm³/mol. The van der Waals surface area contributed by atoms with Crippen molar-refractivity contribution in [2.24, 2.45) is 11.8 Å². The van der Waals surface area contributed by atoms with Gasteiger partial charge in [-0.2, -0.15) is 0 Å². The van der Waals surface area contributed by atoms with E-state index in [-0.39, 0.29) is 6.42 Å². The minimum atomic E-state index is -0.688. The van der Waals surface area contributed by atoms with Crippen LogP contribution < -0.4 is 4.74 Å². The summed E-state index contributed by atoms with van der Waals surface area (Å²) in [6.45, 7) is 3.14. The summed E-state index contributed by atoms with van der Waals surface area (Å²) in [6, 6.07) is 8.17. The molecule has 2 aromatic heterocycles. The van der Waals surface area contributed by atoms with Gasteiger partial charge in [-0.1, -0.05) is 11.8 Å². The van der Waals surface area contributed by atoms with Gasteiger partial charge in [-0.25, -0.2) is 4.98 Å². The van der Waals surface area contributed by atoms with Crippen molar-refractivity contribution in [1.29, 1.82) is 0 Å². The van der Waals surface area contributed by atoms with E-state index in [2.05, 4.69) is 27.0 Å². The largest absolute Gasteiger partial charge is 0.497 e. The zero-order valence-electron chi connectivity index (χ0n) is 19.7. The van der Waals surface area contributed by atoms with Crippen LogP contribution in [-0.4, -0.2) is 58.4 Å². The Kier molecular flexibility index (Phi) is 9.18. The van der Waals surface area contributed by atoms with Crippen molar-refractivity contribution in [3.8, 4) is 5.75 Å². The van der Waals surface area contributed by atoms with E-state index in [1.54, 1.807) is 18.4 Å². The number of carbonyl (C=O) groups is 1. The lowest BCUT2D eigenvalue weighted by molar-refractivity contribution is -0.137. The molecule has 4 rings (SSSR count). The van der Waals surface area contributed by atoms with Gasteiger partial charge in [0.15, 0.2) is 0 Å². The molecular weight excluding hydrogens is 466 g/mol. The molecule has 1 fully saturated rings. The van der Waals surface area contributed by atoms with Crippen molar-refractivity contribution >= 4 is 40.0 Å². The minimum Gasteiger partial charge on any atom is -0.497 e. The molecule has 8 heteroatoms. The van der Waals surface area contributed by atoms with Crippen LogP contribution in [0.5, 0.6) is 5.75 Å². The number of hydrogen-bond donors (Lipinski definition) is 1. The highest BCUT2D eigenvalue weighted by molar-refractivity contribution is 8.01. The number of ether oxygens (including phenoxy) is 1. The van der Waals surface area contributed by atoms with Gasteiger partial charge in [0.25, 0.3) is 0 Å². The van der Waals surface area contributed by atoms with Crippen molar-refractivity contribution in [3.63, 3.8) is 0 Å². The second-order valence-electron chi connectivity index (χ2n) is 8.93. The van der Waals surface area contributed by atoms with E-state index in [0.717, 1.165) is 78.5 Å². The summed E-state index contributed by atoms with van der Waals surface area (Å²) in [5.74, 6) is 2.24. The van der Waals surface area contributed by atoms with Gasteiger partial charge in [0.05, 0.1) is 12.6 Å². The number of hydrogen-bond acceptors (Lipinski definition) is 7. The van der Waals surface area contributed by atoms with Crippen LogP contribution in [0.3, 0.4) is 0 Å². The fourth-order valence-electron chi connectivity index (χ4n) is 5.00. The van der Waals surface area contributed by atoms with Crippen LogP contribution in [0.4, 0.5) is 0 Å². The van der Waals surface area contributed by atoms with Crippen LogP contribution in [0.1, 0.15) is 37.7 Å². The zero-order chi connectivity index (χ0) is 23.8. The Morgan fingerprint density at radius 3 is 2.94 bits per heavy atom. The molecule has 0 amide bonds. The van der Waals surface area contributed by atoms with E-state index in [4.69, 9.17) is 4.74 Å². The van der Waals surface area contributed by atoms with Crippen molar-refractivity contribution in [2.75, 3.05) is 32.5 Å². The second-order valence-corrected chi connectivity index (χ2v) is 11.2. The molecule has 2 atom stereocenters. The molecule has 34 heavy (non-hydrogen) atoms. The van der Waals surface area contributed by atoms with Crippen LogP contribution in [0.15, 0.2) is 46.4 Å². The van der Waals surface area contributed by atoms with Crippen molar-refractivity contribution in [1.82, 2.24) is 14.9 Å². The number of aromatic nitrogens is 2. The number of fused-ring (bicyclic) bond motifs is 1. The van der Waals surface area contributed by atoms with Crippen molar-refractivity contribution in [3.05, 3.63) is 47.6 Å². The number of methoxy groups -OCH3 is 1. The first-order valence-corrected chi connectivity index (χ1v) is 13.9. The monoisotopic (exact) mass is 499 g/mol. The maximum Gasteiger partial charge on any atom is 0.303 e. The van der Waals surface area contributed by atoms with E-state index >= 15 is 0 Å². The third-order valence-electron chi connectivity index (χ3n) is 6.81. The summed E-state index contributed by atoms with van der Waals surface area (Å²) in [7, 11) is 1.69. The summed E-state index contributed by atoms with van der Waals surface area (Å²) < 4.78 is 6.54. The van der Waals surface area contributed by atoms with Gasteiger partial charge in [-0.3, -0.25) is 9.78 Å². The standard InChI is InChI=1S/C26H33N3O3S2/c1-32-22-6-7-24-23(17-22)20(9-11-27-24)4-2-3-19-10-13-29(18-21(19)5-8-25(30)31)14-16-34-26-28-12-15-33-26/h6-7,9,11-12,15,17,19,21H,2-5,8,10,13-14,16,18H2,1H3,(H,30,31). The average Bonchev–Trinajstić information content (AvgIpc) is 3.37. The van der Waals surface area contributed by atoms with Crippen LogP contribution in [0.25, 0.3) is 10.9 Å². The number of rotatable bonds is 12. The molecule has 3 aromatic rings. The molecule has 1 N–H and O–H groups in total. The lowest BCUT2D eigenvalue weighted by atomic mass is 9.79. The lowest BCUT2D eigenvalue weighted by Gasteiger charge is -2.38. The number of thiazole rings is 1. The SMILES string of the molecule is COc1ccc2nccc(CCCC3CCN(CCSc4nccs4)CC3CCC(=O)O)c2c1. The summed E-state index contributed by atoms with van der Waals surface area (Å²) in [6.07, 6.45) is 9.17. The molecule has 0 saturated carbocycles. The summed E-state index contributed by atoms with van der Waals surface area (Å²) >= 11 is 3.50. The molecular formula is C26H33N3O3S2. The molecule has 0 bridgehead atoms. The number of benzene rings is 1. The van der Waals surface area contributed by atoms with Gasteiger partial charge < -0.3 is 14.7 Å². The maximum atomic E-state index is 11.3. The van der Waals surface area contributed by atoms with Crippen LogP contribution in [-0.2, 0) is 11.2 Å². The lowest BCUT2D eigenvalue weighted by Crippen LogP contribution is -2.41. The van der Waals surface area contributed by atoms with E-state index < -0.39 is 5.97 Å². The number of pyridine rings is 1. The first kappa shape index (κ1) is 24.9. The summed E-state index contributed by atoms with van der Waals surface area (Å²) in [5, 5.41) is 12.5. The smallest absolute Gasteiger partial charge is 0.303 e. The fourth-order valence-corrected chi connectivity index (χ4v) is 6.71. The van der Waals surface area contributed by atoms with Gasteiger partial charge in [-0.05, 0) is 80.3 Å². The molecule has 1 aromatic carbocycles. The first-order chi connectivity index (χ1) is 16.6. The maximum absolute atomic E-state index is 11.3. The second kappa shape index (κ2) is 12.5. The Balaban J connectivity index is 1.32. The first-order valence-electron chi connectivity index (χ1n) is 12.0. The van der Waals surface area contributed by atoms with Crippen LogP contribution in [0, 0.1) is 11.8 Å². The Labute approximate surface area is 209 Å². The van der Waals surface area contributed by atoms with Crippen molar-refractivity contribution < 1.29 is 14.6 Å². The van der Waals surface area contributed by atoms with Crippen LogP contribution >= 0.6 is 23.1 Å². The Bertz CT molecular complexity index is 1060. The molecule has 0 radical (unpaired) electrons. The molecule has 6 nitrogen and oxygen atoms in total. The van der Waals surface area contributed by atoms with Gasteiger partial charge in [0, 0.05) is 48.4 Å². The third kappa shape index (κ3) is 6.93. The van der Waals surface area contributed by atoms with E-state index in [0.29, 0.717) is 11.8 Å². The molecule has 0 aliphatic carbocycles. The highest BCUT2D eigenvalue weighted by atomic mass is 32.2. The quantitative estimate of drug-likeness (QED) is 0.324. The Morgan fingerprint density at radius 2 is 2.15 bits per heavy atom. The fraction of sp³-hybridized carbons (Fsp3) is 0.500. The zero-order valence-corrected chi connectivity index (χ0v) is 21.3. The van der Waals surface area contributed by atoms with E-state index in [1.807, 2.05) is 41.7 Å².